The number of rotatable bonds is 5. The first kappa shape index (κ1) is 17.9. The molecule has 0 atom stereocenters. The van der Waals surface area contributed by atoms with E-state index < -0.39 is 10.0 Å². The molecule has 0 unspecified atom stereocenters. The Morgan fingerprint density at radius 2 is 1.96 bits per heavy atom. The minimum absolute atomic E-state index is 0.0549. The van der Waals surface area contributed by atoms with Gasteiger partial charge in [0.1, 0.15) is 10.7 Å². The molecule has 3 aromatic heterocycles. The molecular weight excluding hydrogens is 352 g/mol. The van der Waals surface area contributed by atoms with Crippen molar-refractivity contribution in [1.82, 2.24) is 19.7 Å². The number of nitrogens with zero attached hydrogens (tertiary/aromatic N) is 5. The van der Waals surface area contributed by atoms with Gasteiger partial charge in [0.2, 0.25) is 0 Å². The lowest BCUT2D eigenvalue weighted by Gasteiger charge is -2.20. The molecule has 0 aliphatic rings. The fraction of sp³-hybridized carbons (Fsp3) is 0.235. The van der Waals surface area contributed by atoms with Crippen LogP contribution < -0.4 is 10.0 Å². The standard InChI is InChI=1S/C17H20N6O2S/c1-12(2)23-11-14(9-21-23)13-7-16(17(18)20-8-13)26(24,25)22(3)15-5-4-6-19-10-15/h4-12H,1-3H3,(H2,18,20). The van der Waals surface area contributed by atoms with E-state index in [1.165, 1.54) is 19.3 Å². The molecule has 3 aromatic rings. The van der Waals surface area contributed by atoms with Crippen molar-refractivity contribution in [3.05, 3.63) is 49.2 Å². The van der Waals surface area contributed by atoms with E-state index in [2.05, 4.69) is 15.1 Å². The van der Waals surface area contributed by atoms with Crippen LogP contribution in [-0.4, -0.2) is 35.2 Å². The van der Waals surface area contributed by atoms with Crippen LogP contribution in [0.5, 0.6) is 0 Å². The van der Waals surface area contributed by atoms with Crippen molar-refractivity contribution in [2.45, 2.75) is 24.8 Å². The molecule has 0 saturated carbocycles. The first-order valence-electron chi connectivity index (χ1n) is 7.99. The Labute approximate surface area is 152 Å². The molecule has 8 nitrogen and oxygen atoms in total. The van der Waals surface area contributed by atoms with Gasteiger partial charge in [-0.1, -0.05) is 0 Å². The van der Waals surface area contributed by atoms with Gasteiger partial charge in [0.05, 0.1) is 18.1 Å². The van der Waals surface area contributed by atoms with Crippen LogP contribution in [0.15, 0.2) is 54.1 Å². The van der Waals surface area contributed by atoms with Gasteiger partial charge in [-0.3, -0.25) is 14.0 Å². The molecule has 26 heavy (non-hydrogen) atoms. The molecule has 3 rings (SSSR count). The first-order valence-corrected chi connectivity index (χ1v) is 9.43. The zero-order chi connectivity index (χ0) is 18.9. The van der Waals surface area contributed by atoms with E-state index in [-0.39, 0.29) is 16.8 Å². The van der Waals surface area contributed by atoms with Gasteiger partial charge in [-0.25, -0.2) is 13.4 Å². The Morgan fingerprint density at radius 1 is 1.19 bits per heavy atom. The third-order valence-corrected chi connectivity index (χ3v) is 5.81. The molecule has 0 aliphatic carbocycles. The van der Waals surface area contributed by atoms with Gasteiger partial charge < -0.3 is 5.73 Å². The summed E-state index contributed by atoms with van der Waals surface area (Å²) in [6.45, 7) is 4.02. The van der Waals surface area contributed by atoms with E-state index in [0.717, 1.165) is 9.87 Å². The highest BCUT2D eigenvalue weighted by molar-refractivity contribution is 7.93. The van der Waals surface area contributed by atoms with Gasteiger partial charge in [0, 0.05) is 42.8 Å². The second kappa shape index (κ2) is 6.75. The van der Waals surface area contributed by atoms with Crippen LogP contribution in [-0.2, 0) is 10.0 Å². The number of sulfonamides is 1. The molecule has 0 amide bonds. The van der Waals surface area contributed by atoms with Crippen LogP contribution in [0.3, 0.4) is 0 Å². The summed E-state index contributed by atoms with van der Waals surface area (Å²) < 4.78 is 28.9. The molecule has 0 saturated heterocycles. The number of aromatic nitrogens is 4. The summed E-state index contributed by atoms with van der Waals surface area (Å²) in [5.74, 6) is -0.0549. The van der Waals surface area contributed by atoms with Crippen LogP contribution in [0.25, 0.3) is 11.1 Å². The molecule has 136 valence electrons. The zero-order valence-electron chi connectivity index (χ0n) is 14.7. The van der Waals surface area contributed by atoms with Crippen molar-refractivity contribution < 1.29 is 8.42 Å². The fourth-order valence-electron chi connectivity index (χ4n) is 2.42. The summed E-state index contributed by atoms with van der Waals surface area (Å²) in [5.41, 5.74) is 7.70. The van der Waals surface area contributed by atoms with Crippen molar-refractivity contribution in [2.24, 2.45) is 0 Å². The average Bonchev–Trinajstić information content (AvgIpc) is 3.12. The van der Waals surface area contributed by atoms with Crippen molar-refractivity contribution in [1.29, 1.82) is 0 Å². The van der Waals surface area contributed by atoms with E-state index in [4.69, 9.17) is 5.73 Å². The quantitative estimate of drug-likeness (QED) is 0.736. The molecule has 0 bridgehead atoms. The van der Waals surface area contributed by atoms with Crippen LogP contribution in [0.4, 0.5) is 11.5 Å². The van der Waals surface area contributed by atoms with E-state index in [9.17, 15) is 8.42 Å². The van der Waals surface area contributed by atoms with Crippen molar-refractivity contribution in [3.8, 4) is 11.1 Å². The fourth-order valence-corrected chi connectivity index (χ4v) is 3.69. The molecule has 2 N–H and O–H groups in total. The van der Waals surface area contributed by atoms with Gasteiger partial charge in [-0.2, -0.15) is 5.10 Å². The van der Waals surface area contributed by atoms with E-state index in [1.807, 2.05) is 20.0 Å². The normalized spacial score (nSPS) is 11.7. The van der Waals surface area contributed by atoms with Crippen molar-refractivity contribution >= 4 is 21.5 Å². The number of nitrogen functional groups attached to an aromatic ring is 1. The van der Waals surface area contributed by atoms with Gasteiger partial charge in [-0.05, 0) is 32.0 Å². The highest BCUT2D eigenvalue weighted by atomic mass is 32.2. The SMILES string of the molecule is CC(C)n1cc(-c2cnc(N)c(S(=O)(=O)N(C)c3cccnc3)c2)cn1. The highest BCUT2D eigenvalue weighted by Crippen LogP contribution is 2.28. The lowest BCUT2D eigenvalue weighted by atomic mass is 10.2. The minimum atomic E-state index is -3.88. The third kappa shape index (κ3) is 3.25. The van der Waals surface area contributed by atoms with E-state index in [0.29, 0.717) is 11.3 Å². The second-order valence-electron chi connectivity index (χ2n) is 6.09. The lowest BCUT2D eigenvalue weighted by molar-refractivity contribution is 0.532. The zero-order valence-corrected chi connectivity index (χ0v) is 15.6. The highest BCUT2D eigenvalue weighted by Gasteiger charge is 2.25. The largest absolute Gasteiger partial charge is 0.383 e. The maximum absolute atomic E-state index is 13.0. The Hall–Kier alpha value is -2.94. The summed E-state index contributed by atoms with van der Waals surface area (Å²) in [7, 11) is -2.43. The van der Waals surface area contributed by atoms with Crippen LogP contribution in [0.2, 0.25) is 0 Å². The summed E-state index contributed by atoms with van der Waals surface area (Å²) >= 11 is 0. The van der Waals surface area contributed by atoms with Crippen LogP contribution >= 0.6 is 0 Å². The predicted octanol–water partition coefficient (Wildman–Crippen LogP) is 2.33. The van der Waals surface area contributed by atoms with Crippen molar-refractivity contribution in [2.75, 3.05) is 17.1 Å². The van der Waals surface area contributed by atoms with Gasteiger partial charge >= 0.3 is 0 Å². The van der Waals surface area contributed by atoms with Gasteiger partial charge in [0.15, 0.2) is 0 Å². The summed E-state index contributed by atoms with van der Waals surface area (Å²) in [6.07, 6.45) is 8.11. The average molecular weight is 372 g/mol. The Balaban J connectivity index is 2.04. The smallest absolute Gasteiger partial charge is 0.267 e. The molecule has 0 aromatic carbocycles. The minimum Gasteiger partial charge on any atom is -0.383 e. The number of pyridine rings is 2. The van der Waals surface area contributed by atoms with Gasteiger partial charge in [0.25, 0.3) is 10.0 Å². The monoisotopic (exact) mass is 372 g/mol. The molecule has 0 spiro atoms. The summed E-state index contributed by atoms with van der Waals surface area (Å²) in [5, 5.41) is 4.28. The maximum Gasteiger partial charge on any atom is 0.267 e. The number of hydrogen-bond donors (Lipinski definition) is 1. The number of hydrogen-bond acceptors (Lipinski definition) is 6. The van der Waals surface area contributed by atoms with Gasteiger partial charge in [-0.15, -0.1) is 0 Å². The Bertz CT molecular complexity index is 1010. The van der Waals surface area contributed by atoms with Crippen LogP contribution in [0, 0.1) is 0 Å². The molecule has 0 aliphatic heterocycles. The number of anilines is 2. The molecule has 0 radical (unpaired) electrons. The molecule has 0 fully saturated rings. The third-order valence-electron chi connectivity index (χ3n) is 3.99. The molecular formula is C17H20N6O2S. The lowest BCUT2D eigenvalue weighted by Crippen LogP contribution is -2.27. The second-order valence-corrected chi connectivity index (χ2v) is 8.03. The van der Waals surface area contributed by atoms with Crippen LogP contribution in [0.1, 0.15) is 19.9 Å². The Kier molecular flexibility index (Phi) is 4.64. The summed E-state index contributed by atoms with van der Waals surface area (Å²) in [4.78, 5) is 7.97. The van der Waals surface area contributed by atoms with E-state index in [1.54, 1.807) is 35.4 Å². The first-order chi connectivity index (χ1) is 12.3. The predicted molar refractivity (Wildman–Crippen MR) is 100 cm³/mol. The topological polar surface area (TPSA) is 107 Å². The van der Waals surface area contributed by atoms with Crippen molar-refractivity contribution in [3.63, 3.8) is 0 Å². The van der Waals surface area contributed by atoms with E-state index >= 15 is 0 Å². The Morgan fingerprint density at radius 3 is 2.58 bits per heavy atom. The molecule has 3 heterocycles. The molecule has 9 heteroatoms. The number of nitrogens with two attached hydrogens (primary N) is 1. The maximum atomic E-state index is 13.0. The summed E-state index contributed by atoms with van der Waals surface area (Å²) in [6, 6.07) is 5.04.